The Bertz CT molecular complexity index is 98.5. The van der Waals surface area contributed by atoms with Crippen LogP contribution < -0.4 is 6.15 Å². The average molecular weight is 294 g/mol. The maximum Gasteiger partial charge on any atom is 3.00 e. The Hall–Kier alpha value is -2.06. The second-order valence-corrected chi connectivity index (χ2v) is 0. The van der Waals surface area contributed by atoms with Crippen molar-refractivity contribution in [2.75, 3.05) is 0 Å². The van der Waals surface area contributed by atoms with Gasteiger partial charge < -0.3 is 77.2 Å². The molecule has 0 aromatic rings. The van der Waals surface area contributed by atoms with E-state index in [1.807, 2.05) is 0 Å². The van der Waals surface area contributed by atoms with Gasteiger partial charge in [0.15, 0.2) is 0 Å². The molecule has 2 radical (unpaired) electrons. The first-order chi connectivity index (χ1) is 6.00. The van der Waals surface area contributed by atoms with Gasteiger partial charge in [-0.25, -0.2) is 0 Å². The van der Waals surface area contributed by atoms with E-state index in [4.69, 9.17) is 71.0 Å². The average Bonchev–Trinajstić information content (AvgIpc) is 2.33. The Morgan fingerprint density at radius 1 is 0.400 bits per heavy atom. The van der Waals surface area contributed by atoms with Gasteiger partial charge in [-0.1, -0.05) is 0 Å². The minimum Gasteiger partial charge on any atom is -0.512 e. The van der Waals surface area contributed by atoms with Gasteiger partial charge in [0, 0.05) is 0 Å². The fourth-order valence-electron chi connectivity index (χ4n) is 0. The van der Waals surface area contributed by atoms with Gasteiger partial charge in [-0.2, -0.15) is 0 Å². The molecule has 7 nitrogen and oxygen atoms in total. The molecule has 0 heterocycles. The summed E-state index contributed by atoms with van der Waals surface area (Å²) in [6.45, 7) is 28.5. The SMILES string of the molecule is [C-]#N.[C-]#N.[C-]#N.[C-]#N.[C-]#N.[C-]#N.[Cu+2].[Fe+3].[NH4+]. The third-order valence-electron chi connectivity index (χ3n) is 0. The first kappa shape index (κ1) is 119. The van der Waals surface area contributed by atoms with Crippen LogP contribution in [0, 0.1) is 71.0 Å². The minimum absolute atomic E-state index is 0. The maximum atomic E-state index is 6.25. The first-order valence-electron chi connectivity index (χ1n) is 1.34. The van der Waals surface area contributed by atoms with Crippen LogP contribution >= 0.6 is 0 Å². The van der Waals surface area contributed by atoms with E-state index in [0.29, 0.717) is 0 Å². The van der Waals surface area contributed by atoms with Gasteiger partial charge in [0.1, 0.15) is 0 Å². The number of rotatable bonds is 0. The number of quaternary nitrogens is 1. The molecule has 0 amide bonds. The Morgan fingerprint density at radius 3 is 0.400 bits per heavy atom. The Morgan fingerprint density at radius 2 is 0.400 bits per heavy atom. The Balaban J connectivity index is -0.00000000396. The van der Waals surface area contributed by atoms with Gasteiger partial charge in [0.25, 0.3) is 0 Å². The van der Waals surface area contributed by atoms with Crippen LogP contribution in [0.1, 0.15) is 0 Å². The molecule has 0 aliphatic heterocycles. The van der Waals surface area contributed by atoms with Crippen molar-refractivity contribution in [1.82, 2.24) is 6.15 Å². The van der Waals surface area contributed by atoms with Crippen LogP contribution in [0.3, 0.4) is 0 Å². The molecular weight excluding hydrogens is 290 g/mol. The summed E-state index contributed by atoms with van der Waals surface area (Å²) in [5.41, 5.74) is 0. The zero-order valence-corrected chi connectivity index (χ0v) is 9.38. The van der Waals surface area contributed by atoms with Crippen LogP contribution in [-0.4, -0.2) is 0 Å². The normalized spacial score (nSPS) is 0.800. The van der Waals surface area contributed by atoms with Crippen molar-refractivity contribution >= 4 is 0 Å². The van der Waals surface area contributed by atoms with Crippen molar-refractivity contribution in [3.63, 3.8) is 0 Å². The van der Waals surface area contributed by atoms with E-state index >= 15 is 0 Å². The molecule has 0 aromatic heterocycles. The van der Waals surface area contributed by atoms with E-state index in [9.17, 15) is 0 Å². The monoisotopic (exact) mass is 293 g/mol. The molecule has 0 aliphatic carbocycles. The summed E-state index contributed by atoms with van der Waals surface area (Å²) in [6.07, 6.45) is 0. The molecule has 15 heavy (non-hydrogen) atoms. The second kappa shape index (κ2) is 336. The molecule has 4 N–H and O–H groups in total. The molecule has 0 atom stereocenters. The number of nitrogens with zero attached hydrogens (tertiary/aromatic N) is 6. The third kappa shape index (κ3) is 278. The standard InChI is InChI=1S/6CN.Cu.Fe.H3N/c6*1-2;;;/h;;;;;;;;1H3/q6*-1;+2;+3;/p+1. The molecular formula is C6H4CuFeN7. The van der Waals surface area contributed by atoms with Gasteiger partial charge in [0.2, 0.25) is 0 Å². The summed E-state index contributed by atoms with van der Waals surface area (Å²) in [5, 5.41) is 37.5. The van der Waals surface area contributed by atoms with Gasteiger partial charge in [-0.05, 0) is 0 Å². The molecule has 0 aromatic carbocycles. The van der Waals surface area contributed by atoms with Gasteiger partial charge in [-0.15, -0.1) is 0 Å². The van der Waals surface area contributed by atoms with E-state index < -0.39 is 0 Å². The summed E-state index contributed by atoms with van der Waals surface area (Å²) in [7, 11) is 0. The van der Waals surface area contributed by atoms with E-state index in [0.717, 1.165) is 0 Å². The second-order valence-electron chi connectivity index (χ2n) is 0. The predicted octanol–water partition coefficient (Wildman–Crippen LogP) is 0.949. The van der Waals surface area contributed by atoms with Crippen LogP contribution in [0.25, 0.3) is 0 Å². The smallest absolute Gasteiger partial charge is 0.512 e. The van der Waals surface area contributed by atoms with Crippen molar-refractivity contribution in [2.24, 2.45) is 0 Å². The van der Waals surface area contributed by atoms with E-state index in [1.165, 1.54) is 0 Å². The summed E-state index contributed by atoms with van der Waals surface area (Å²) < 4.78 is 0. The van der Waals surface area contributed by atoms with Crippen molar-refractivity contribution in [2.45, 2.75) is 0 Å². The van der Waals surface area contributed by atoms with Crippen LogP contribution in [0.2, 0.25) is 0 Å². The van der Waals surface area contributed by atoms with Gasteiger partial charge in [0.05, 0.1) is 0 Å². The van der Waals surface area contributed by atoms with Crippen LogP contribution in [0.4, 0.5) is 0 Å². The molecule has 0 aliphatic rings. The van der Waals surface area contributed by atoms with Gasteiger partial charge >= 0.3 is 34.1 Å². The van der Waals surface area contributed by atoms with E-state index in [1.54, 1.807) is 0 Å². The quantitative estimate of drug-likeness (QED) is 0.512. The molecule has 0 bridgehead atoms. The zero-order chi connectivity index (χ0) is 12.0. The van der Waals surface area contributed by atoms with Crippen LogP contribution in [-0.2, 0) is 34.1 Å². The zero-order valence-electron chi connectivity index (χ0n) is 7.34. The van der Waals surface area contributed by atoms with Crippen LogP contribution in [0.15, 0.2) is 0 Å². The van der Waals surface area contributed by atoms with Crippen molar-refractivity contribution in [1.29, 1.82) is 31.6 Å². The van der Waals surface area contributed by atoms with E-state index in [2.05, 4.69) is 0 Å². The summed E-state index contributed by atoms with van der Waals surface area (Å²) >= 11 is 0. The first-order valence-corrected chi connectivity index (χ1v) is 1.34. The van der Waals surface area contributed by atoms with Gasteiger partial charge in [-0.3, -0.25) is 0 Å². The fourth-order valence-corrected chi connectivity index (χ4v) is 0. The molecule has 0 spiro atoms. The third-order valence-corrected chi connectivity index (χ3v) is 0. The number of hydrogen-bond acceptors (Lipinski definition) is 6. The van der Waals surface area contributed by atoms with Crippen molar-refractivity contribution in [3.8, 4) is 0 Å². The van der Waals surface area contributed by atoms with Crippen LogP contribution in [0.5, 0.6) is 0 Å². The molecule has 82 valence electrons. The fraction of sp³-hybridized carbons (Fsp3) is 0. The molecule has 0 saturated carbocycles. The number of hydrogen-bond donors (Lipinski definition) is 1. The Kier molecular flexibility index (Phi) is 2670. The van der Waals surface area contributed by atoms with Crippen molar-refractivity contribution in [3.05, 3.63) is 39.4 Å². The van der Waals surface area contributed by atoms with E-state index in [-0.39, 0.29) is 40.3 Å². The Labute approximate surface area is 111 Å². The summed E-state index contributed by atoms with van der Waals surface area (Å²) in [4.78, 5) is 0. The topological polar surface area (TPSA) is 179 Å². The predicted molar refractivity (Wildman–Crippen MR) is 35.8 cm³/mol. The summed E-state index contributed by atoms with van der Waals surface area (Å²) in [5.74, 6) is 0. The largest absolute Gasteiger partial charge is 3.00 e. The van der Waals surface area contributed by atoms with Crippen molar-refractivity contribution < 1.29 is 34.1 Å². The molecule has 0 unspecified atom stereocenters. The summed E-state index contributed by atoms with van der Waals surface area (Å²) in [6, 6.07) is 0. The minimum atomic E-state index is 0. The molecule has 0 rings (SSSR count). The molecule has 0 fully saturated rings. The molecule has 0 saturated heterocycles. The maximum absolute atomic E-state index is 6.25. The molecule has 9 heteroatoms.